The second-order valence-electron chi connectivity index (χ2n) is 7.71. The van der Waals surface area contributed by atoms with Crippen molar-refractivity contribution in [3.8, 4) is 5.69 Å². The molecule has 1 N–H and O–H groups in total. The summed E-state index contributed by atoms with van der Waals surface area (Å²) in [6.07, 6.45) is 6.91. The number of carbonyl (C=O) groups excluding carboxylic acids is 2. The van der Waals surface area contributed by atoms with Gasteiger partial charge in [-0.3, -0.25) is 14.6 Å². The first kappa shape index (κ1) is 19.9. The summed E-state index contributed by atoms with van der Waals surface area (Å²) in [4.78, 5) is 32.0. The molecular formula is C24H26N4O2. The smallest absolute Gasteiger partial charge is 0.270 e. The van der Waals surface area contributed by atoms with E-state index in [4.69, 9.17) is 0 Å². The molecule has 30 heavy (non-hydrogen) atoms. The third-order valence-electron chi connectivity index (χ3n) is 5.63. The van der Waals surface area contributed by atoms with Crippen molar-refractivity contribution in [3.63, 3.8) is 0 Å². The number of carbonyl (C=O) groups is 2. The topological polar surface area (TPSA) is 67.2 Å². The van der Waals surface area contributed by atoms with Crippen LogP contribution in [0.1, 0.15) is 41.9 Å². The average Bonchev–Trinajstić information content (AvgIpc) is 3.30. The number of pyridine rings is 1. The molecule has 2 unspecified atom stereocenters. The molecule has 1 aliphatic heterocycles. The van der Waals surface area contributed by atoms with E-state index in [1.54, 1.807) is 17.3 Å². The molecule has 6 heteroatoms. The Hall–Kier alpha value is -3.41. The van der Waals surface area contributed by atoms with E-state index in [0.29, 0.717) is 18.8 Å². The number of benzene rings is 1. The molecule has 1 saturated heterocycles. The van der Waals surface area contributed by atoms with Gasteiger partial charge in [-0.2, -0.15) is 0 Å². The zero-order valence-corrected chi connectivity index (χ0v) is 17.1. The standard InChI is InChI=1S/C24H26N4O2/c1-18(19-8-3-2-4-9-19)26-23(29)20-10-6-14-27(17-20)24(30)22-12-7-15-28(22)21-11-5-13-25-16-21/h2-5,7-9,11-13,15-16,18,20H,6,10,14,17H2,1H3,(H,26,29). The normalized spacial score (nSPS) is 17.4. The van der Waals surface area contributed by atoms with Gasteiger partial charge in [-0.1, -0.05) is 30.3 Å². The highest BCUT2D eigenvalue weighted by atomic mass is 16.2. The maximum absolute atomic E-state index is 13.2. The van der Waals surface area contributed by atoms with Crippen LogP contribution >= 0.6 is 0 Å². The van der Waals surface area contributed by atoms with Gasteiger partial charge in [0.25, 0.3) is 5.91 Å². The van der Waals surface area contributed by atoms with Crippen LogP contribution in [-0.4, -0.2) is 39.4 Å². The maximum Gasteiger partial charge on any atom is 0.270 e. The fourth-order valence-corrected chi connectivity index (χ4v) is 3.97. The highest BCUT2D eigenvalue weighted by molar-refractivity contribution is 5.94. The first-order chi connectivity index (χ1) is 14.6. The number of aromatic nitrogens is 2. The highest BCUT2D eigenvalue weighted by Crippen LogP contribution is 2.22. The number of piperidine rings is 1. The van der Waals surface area contributed by atoms with E-state index in [-0.39, 0.29) is 23.8 Å². The van der Waals surface area contributed by atoms with E-state index in [9.17, 15) is 9.59 Å². The molecule has 0 saturated carbocycles. The van der Waals surface area contributed by atoms with Crippen LogP contribution in [0.2, 0.25) is 0 Å². The molecule has 1 aliphatic rings. The molecule has 0 bridgehead atoms. The fraction of sp³-hybridized carbons (Fsp3) is 0.292. The van der Waals surface area contributed by atoms with Crippen LogP contribution in [0, 0.1) is 5.92 Å². The molecule has 0 spiro atoms. The van der Waals surface area contributed by atoms with Gasteiger partial charge in [-0.25, -0.2) is 0 Å². The predicted octanol–water partition coefficient (Wildman–Crippen LogP) is 3.60. The lowest BCUT2D eigenvalue weighted by Gasteiger charge is -2.33. The van der Waals surface area contributed by atoms with Gasteiger partial charge in [-0.15, -0.1) is 0 Å². The second kappa shape index (κ2) is 8.95. The molecular weight excluding hydrogens is 376 g/mol. The molecule has 6 nitrogen and oxygen atoms in total. The first-order valence-corrected chi connectivity index (χ1v) is 10.4. The summed E-state index contributed by atoms with van der Waals surface area (Å²) >= 11 is 0. The van der Waals surface area contributed by atoms with Crippen molar-refractivity contribution in [1.82, 2.24) is 19.8 Å². The van der Waals surface area contributed by atoms with E-state index >= 15 is 0 Å². The number of likely N-dealkylation sites (tertiary alicyclic amines) is 1. The lowest BCUT2D eigenvalue weighted by Crippen LogP contribution is -2.46. The number of nitrogens with one attached hydrogen (secondary N) is 1. The molecule has 1 fully saturated rings. The van der Waals surface area contributed by atoms with Gasteiger partial charge in [0.05, 0.1) is 23.8 Å². The Morgan fingerprint density at radius 3 is 2.70 bits per heavy atom. The number of hydrogen-bond donors (Lipinski definition) is 1. The fourth-order valence-electron chi connectivity index (χ4n) is 3.97. The van der Waals surface area contributed by atoms with Crippen LogP contribution < -0.4 is 5.32 Å². The predicted molar refractivity (Wildman–Crippen MR) is 115 cm³/mol. The summed E-state index contributed by atoms with van der Waals surface area (Å²) in [5.74, 6) is -0.250. The molecule has 0 radical (unpaired) electrons. The number of nitrogens with zero attached hydrogens (tertiary/aromatic N) is 3. The van der Waals surface area contributed by atoms with Crippen molar-refractivity contribution in [1.29, 1.82) is 0 Å². The van der Waals surface area contributed by atoms with Crippen LogP contribution in [0.3, 0.4) is 0 Å². The van der Waals surface area contributed by atoms with Crippen molar-refractivity contribution in [3.05, 3.63) is 84.4 Å². The van der Waals surface area contributed by atoms with Crippen molar-refractivity contribution < 1.29 is 9.59 Å². The summed E-state index contributed by atoms with van der Waals surface area (Å²) in [7, 11) is 0. The Labute approximate surface area is 176 Å². The third-order valence-corrected chi connectivity index (χ3v) is 5.63. The van der Waals surface area contributed by atoms with Crippen LogP contribution in [0.25, 0.3) is 5.69 Å². The lowest BCUT2D eigenvalue weighted by molar-refractivity contribution is -0.127. The molecule has 1 aromatic carbocycles. The molecule has 4 rings (SSSR count). The molecule has 3 aromatic rings. The Balaban J connectivity index is 1.44. The zero-order valence-electron chi connectivity index (χ0n) is 17.1. The minimum absolute atomic E-state index is 0.00601. The Morgan fingerprint density at radius 2 is 1.93 bits per heavy atom. The number of hydrogen-bond acceptors (Lipinski definition) is 3. The second-order valence-corrected chi connectivity index (χ2v) is 7.71. The molecule has 2 amide bonds. The molecule has 2 aromatic heterocycles. The Kier molecular flexibility index (Phi) is 5.93. The van der Waals surface area contributed by atoms with E-state index in [0.717, 1.165) is 24.1 Å². The molecule has 2 atom stereocenters. The van der Waals surface area contributed by atoms with Crippen LogP contribution in [-0.2, 0) is 4.79 Å². The minimum Gasteiger partial charge on any atom is -0.349 e. The van der Waals surface area contributed by atoms with Gasteiger partial charge >= 0.3 is 0 Å². The quantitative estimate of drug-likeness (QED) is 0.709. The monoisotopic (exact) mass is 402 g/mol. The van der Waals surface area contributed by atoms with Crippen LogP contribution in [0.5, 0.6) is 0 Å². The van der Waals surface area contributed by atoms with Gasteiger partial charge in [0, 0.05) is 25.5 Å². The van der Waals surface area contributed by atoms with E-state index in [2.05, 4.69) is 10.3 Å². The van der Waals surface area contributed by atoms with Crippen molar-refractivity contribution >= 4 is 11.8 Å². The summed E-state index contributed by atoms with van der Waals surface area (Å²) in [6.45, 7) is 3.08. The van der Waals surface area contributed by atoms with Gasteiger partial charge in [0.15, 0.2) is 0 Å². The lowest BCUT2D eigenvalue weighted by atomic mass is 9.96. The van der Waals surface area contributed by atoms with Crippen molar-refractivity contribution in [2.75, 3.05) is 13.1 Å². The molecule has 0 aliphatic carbocycles. The highest BCUT2D eigenvalue weighted by Gasteiger charge is 2.30. The summed E-state index contributed by atoms with van der Waals surface area (Å²) in [5.41, 5.74) is 2.50. The Bertz CT molecular complexity index is 1000. The zero-order chi connectivity index (χ0) is 20.9. The van der Waals surface area contributed by atoms with Crippen molar-refractivity contribution in [2.24, 2.45) is 5.92 Å². The van der Waals surface area contributed by atoms with Crippen LogP contribution in [0.15, 0.2) is 73.2 Å². The minimum atomic E-state index is -0.198. The largest absolute Gasteiger partial charge is 0.349 e. The van der Waals surface area contributed by atoms with Gasteiger partial charge in [-0.05, 0) is 49.6 Å². The first-order valence-electron chi connectivity index (χ1n) is 10.4. The molecule has 154 valence electrons. The summed E-state index contributed by atoms with van der Waals surface area (Å²) < 4.78 is 1.84. The van der Waals surface area contributed by atoms with Gasteiger partial charge in [0.2, 0.25) is 5.91 Å². The summed E-state index contributed by atoms with van der Waals surface area (Å²) in [6, 6.07) is 17.3. The average molecular weight is 402 g/mol. The summed E-state index contributed by atoms with van der Waals surface area (Å²) in [5, 5.41) is 3.11. The Morgan fingerprint density at radius 1 is 1.10 bits per heavy atom. The molecule has 3 heterocycles. The maximum atomic E-state index is 13.2. The van der Waals surface area contributed by atoms with Gasteiger partial charge < -0.3 is 14.8 Å². The SMILES string of the molecule is CC(NC(=O)C1CCCN(C(=O)c2cccn2-c2cccnc2)C1)c1ccccc1. The van der Waals surface area contributed by atoms with E-state index in [1.165, 1.54) is 0 Å². The third kappa shape index (κ3) is 4.27. The van der Waals surface area contributed by atoms with Crippen LogP contribution in [0.4, 0.5) is 0 Å². The van der Waals surface area contributed by atoms with Crippen molar-refractivity contribution in [2.45, 2.75) is 25.8 Å². The van der Waals surface area contributed by atoms with E-state index < -0.39 is 0 Å². The van der Waals surface area contributed by atoms with E-state index in [1.807, 2.05) is 72.3 Å². The van der Waals surface area contributed by atoms with Gasteiger partial charge in [0.1, 0.15) is 5.69 Å². The number of amides is 2. The number of rotatable bonds is 5.